The zero-order valence-corrected chi connectivity index (χ0v) is 15.4. The minimum absolute atomic E-state index is 0.0345. The lowest BCUT2D eigenvalue weighted by atomic mass is 10.1. The fraction of sp³-hybridized carbons (Fsp3) is 0.333. The maximum Gasteiger partial charge on any atom is 0.255 e. The molecule has 27 heavy (non-hydrogen) atoms. The van der Waals surface area contributed by atoms with Gasteiger partial charge in [0.1, 0.15) is 18.0 Å². The second-order valence-electron chi connectivity index (χ2n) is 7.14. The summed E-state index contributed by atoms with van der Waals surface area (Å²) < 4.78 is 7.91. The summed E-state index contributed by atoms with van der Waals surface area (Å²) in [4.78, 5) is 17.2. The van der Waals surface area contributed by atoms with E-state index in [2.05, 4.69) is 10.3 Å². The summed E-state index contributed by atoms with van der Waals surface area (Å²) >= 11 is 0. The number of carbonyl (C=O) groups excluding carboxylic acids is 1. The molecule has 6 heteroatoms. The Morgan fingerprint density at radius 2 is 2.11 bits per heavy atom. The highest BCUT2D eigenvalue weighted by Gasteiger charge is 2.31. The van der Waals surface area contributed by atoms with E-state index < -0.39 is 0 Å². The standard InChI is InChI=1S/C21H24N4O2/c1-14-6-9-20-23-16(12-25(20)11-14)13-27-19-5-3-2-4-17(19)21(26)24-18(10-22)15-7-8-15/h2-6,9,11-12,15,18H,7-8,10,13,22H2,1H3,(H,24,26). The number of amides is 1. The molecule has 1 saturated carbocycles. The molecule has 1 aromatic carbocycles. The highest BCUT2D eigenvalue weighted by molar-refractivity contribution is 5.97. The third kappa shape index (κ3) is 3.95. The van der Waals surface area contributed by atoms with Crippen molar-refractivity contribution in [1.29, 1.82) is 0 Å². The van der Waals surface area contributed by atoms with Crippen LogP contribution in [0.5, 0.6) is 5.75 Å². The van der Waals surface area contributed by atoms with Gasteiger partial charge in [-0.15, -0.1) is 0 Å². The minimum Gasteiger partial charge on any atom is -0.486 e. The van der Waals surface area contributed by atoms with Gasteiger partial charge in [-0.05, 0) is 49.4 Å². The van der Waals surface area contributed by atoms with Crippen LogP contribution in [0, 0.1) is 12.8 Å². The molecule has 0 aliphatic heterocycles. The van der Waals surface area contributed by atoms with Gasteiger partial charge >= 0.3 is 0 Å². The molecule has 0 saturated heterocycles. The van der Waals surface area contributed by atoms with Crippen molar-refractivity contribution in [2.75, 3.05) is 6.54 Å². The number of aryl methyl sites for hydroxylation is 1. The third-order valence-electron chi connectivity index (χ3n) is 4.92. The number of fused-ring (bicyclic) bond motifs is 1. The van der Waals surface area contributed by atoms with Gasteiger partial charge in [0.25, 0.3) is 5.91 Å². The second kappa shape index (κ2) is 7.40. The molecule has 1 aliphatic rings. The van der Waals surface area contributed by atoms with E-state index in [0.717, 1.165) is 24.2 Å². The van der Waals surface area contributed by atoms with Gasteiger partial charge in [-0.2, -0.15) is 0 Å². The van der Waals surface area contributed by atoms with Gasteiger partial charge in [0.05, 0.1) is 11.3 Å². The summed E-state index contributed by atoms with van der Waals surface area (Å²) in [6.07, 6.45) is 6.24. The largest absolute Gasteiger partial charge is 0.486 e. The molecule has 1 aliphatic carbocycles. The number of imidazole rings is 1. The summed E-state index contributed by atoms with van der Waals surface area (Å²) in [6, 6.07) is 11.3. The van der Waals surface area contributed by atoms with Crippen LogP contribution in [0.15, 0.2) is 48.8 Å². The molecule has 3 N–H and O–H groups in total. The summed E-state index contributed by atoms with van der Waals surface area (Å²) in [5, 5.41) is 3.05. The Bertz CT molecular complexity index is 962. The van der Waals surface area contributed by atoms with Crippen LogP contribution in [0.2, 0.25) is 0 Å². The molecule has 0 bridgehead atoms. The lowest BCUT2D eigenvalue weighted by Crippen LogP contribution is -2.41. The fourth-order valence-corrected chi connectivity index (χ4v) is 3.27. The number of aromatic nitrogens is 2. The van der Waals surface area contributed by atoms with Crippen LogP contribution in [-0.2, 0) is 6.61 Å². The number of para-hydroxylation sites is 1. The van der Waals surface area contributed by atoms with Crippen LogP contribution < -0.4 is 15.8 Å². The number of nitrogens with zero attached hydrogens (tertiary/aromatic N) is 2. The van der Waals surface area contributed by atoms with Crippen molar-refractivity contribution in [3.8, 4) is 5.75 Å². The van der Waals surface area contributed by atoms with E-state index in [9.17, 15) is 4.79 Å². The van der Waals surface area contributed by atoms with Crippen LogP contribution in [0.4, 0.5) is 0 Å². The van der Waals surface area contributed by atoms with Crippen molar-refractivity contribution in [2.45, 2.75) is 32.4 Å². The highest BCUT2D eigenvalue weighted by atomic mass is 16.5. The lowest BCUT2D eigenvalue weighted by molar-refractivity contribution is 0.0929. The Morgan fingerprint density at radius 1 is 1.30 bits per heavy atom. The van der Waals surface area contributed by atoms with E-state index in [-0.39, 0.29) is 11.9 Å². The molecule has 0 spiro atoms. The first-order valence-corrected chi connectivity index (χ1v) is 9.31. The monoisotopic (exact) mass is 364 g/mol. The summed E-state index contributed by atoms with van der Waals surface area (Å²) in [6.45, 7) is 2.80. The van der Waals surface area contributed by atoms with Crippen molar-refractivity contribution < 1.29 is 9.53 Å². The normalized spacial score (nSPS) is 14.9. The molecular formula is C21H24N4O2. The van der Waals surface area contributed by atoms with E-state index in [1.54, 1.807) is 6.07 Å². The van der Waals surface area contributed by atoms with Crippen LogP contribution in [0.3, 0.4) is 0 Å². The average molecular weight is 364 g/mol. The topological polar surface area (TPSA) is 81.6 Å². The first kappa shape index (κ1) is 17.5. The van der Waals surface area contributed by atoms with Gasteiger partial charge in [0.15, 0.2) is 0 Å². The maximum absolute atomic E-state index is 12.7. The zero-order valence-electron chi connectivity index (χ0n) is 15.4. The smallest absolute Gasteiger partial charge is 0.255 e. The van der Waals surface area contributed by atoms with Gasteiger partial charge < -0.3 is 20.2 Å². The lowest BCUT2D eigenvalue weighted by Gasteiger charge is -2.17. The van der Waals surface area contributed by atoms with Gasteiger partial charge in [0.2, 0.25) is 0 Å². The van der Waals surface area contributed by atoms with E-state index in [0.29, 0.717) is 30.4 Å². The van der Waals surface area contributed by atoms with Gasteiger partial charge in [-0.1, -0.05) is 18.2 Å². The molecule has 1 atom stereocenters. The van der Waals surface area contributed by atoms with Crippen molar-refractivity contribution in [1.82, 2.24) is 14.7 Å². The molecule has 1 amide bonds. The first-order valence-electron chi connectivity index (χ1n) is 9.31. The Balaban J connectivity index is 1.47. The number of ether oxygens (including phenoxy) is 1. The Labute approximate surface area is 158 Å². The third-order valence-corrected chi connectivity index (χ3v) is 4.92. The zero-order chi connectivity index (χ0) is 18.8. The van der Waals surface area contributed by atoms with Crippen LogP contribution in [-0.4, -0.2) is 27.9 Å². The van der Waals surface area contributed by atoms with E-state index in [1.807, 2.05) is 54.0 Å². The fourth-order valence-electron chi connectivity index (χ4n) is 3.27. The molecule has 2 aromatic heterocycles. The molecule has 2 heterocycles. The molecule has 1 fully saturated rings. The Kier molecular flexibility index (Phi) is 4.81. The number of carbonyl (C=O) groups is 1. The van der Waals surface area contributed by atoms with Crippen LogP contribution >= 0.6 is 0 Å². The van der Waals surface area contributed by atoms with Gasteiger partial charge in [-0.3, -0.25) is 4.79 Å². The van der Waals surface area contributed by atoms with Crippen molar-refractivity contribution in [3.05, 3.63) is 65.6 Å². The molecule has 1 unspecified atom stereocenters. The first-order chi connectivity index (χ1) is 13.1. The molecular weight excluding hydrogens is 340 g/mol. The number of nitrogens with two attached hydrogens (primary N) is 1. The Hall–Kier alpha value is -2.86. The summed E-state index contributed by atoms with van der Waals surface area (Å²) in [7, 11) is 0. The second-order valence-corrected chi connectivity index (χ2v) is 7.14. The molecule has 6 nitrogen and oxygen atoms in total. The number of nitrogens with one attached hydrogen (secondary N) is 1. The number of benzene rings is 1. The van der Waals surface area contributed by atoms with Gasteiger partial charge in [0, 0.05) is 25.0 Å². The predicted octanol–water partition coefficient (Wildman–Crippen LogP) is 2.69. The summed E-state index contributed by atoms with van der Waals surface area (Å²) in [5.74, 6) is 0.918. The molecule has 3 aromatic rings. The van der Waals surface area contributed by atoms with E-state index >= 15 is 0 Å². The quantitative estimate of drug-likeness (QED) is 0.675. The highest BCUT2D eigenvalue weighted by Crippen LogP contribution is 2.32. The molecule has 0 radical (unpaired) electrons. The van der Waals surface area contributed by atoms with Crippen LogP contribution in [0.1, 0.15) is 34.5 Å². The molecule has 4 rings (SSSR count). The summed E-state index contributed by atoms with van der Waals surface area (Å²) in [5.41, 5.74) is 9.18. The SMILES string of the molecule is Cc1ccc2nc(COc3ccccc3C(=O)NC(CN)C3CC3)cn2c1. The average Bonchev–Trinajstić information content (AvgIpc) is 3.44. The van der Waals surface area contributed by atoms with E-state index in [1.165, 1.54) is 5.56 Å². The number of hydrogen-bond acceptors (Lipinski definition) is 4. The predicted molar refractivity (Wildman–Crippen MR) is 104 cm³/mol. The van der Waals surface area contributed by atoms with Gasteiger partial charge in [-0.25, -0.2) is 4.98 Å². The van der Waals surface area contributed by atoms with Crippen molar-refractivity contribution in [3.63, 3.8) is 0 Å². The van der Waals surface area contributed by atoms with Crippen molar-refractivity contribution >= 4 is 11.6 Å². The minimum atomic E-state index is -0.140. The van der Waals surface area contributed by atoms with E-state index in [4.69, 9.17) is 10.5 Å². The number of hydrogen-bond donors (Lipinski definition) is 2. The number of pyridine rings is 1. The van der Waals surface area contributed by atoms with Crippen molar-refractivity contribution in [2.24, 2.45) is 11.7 Å². The van der Waals surface area contributed by atoms with Crippen LogP contribution in [0.25, 0.3) is 5.65 Å². The molecule has 140 valence electrons. The maximum atomic E-state index is 12.7. The number of rotatable bonds is 7. The Morgan fingerprint density at radius 3 is 2.89 bits per heavy atom.